The van der Waals surface area contributed by atoms with E-state index in [-0.39, 0.29) is 25.3 Å². The maximum Gasteiger partial charge on any atom is 0.323 e. The number of nitrogens with zero attached hydrogens (tertiary/aromatic N) is 1. The Labute approximate surface area is 248 Å². The highest BCUT2D eigenvalue weighted by Gasteiger charge is 2.18. The Balaban J connectivity index is 1.41. The Morgan fingerprint density at radius 2 is 1.69 bits per heavy atom. The number of carbonyl (C=O) groups is 2. The fourth-order valence-corrected chi connectivity index (χ4v) is 4.87. The van der Waals surface area contributed by atoms with Gasteiger partial charge in [-0.25, -0.2) is 4.39 Å². The number of aryl methyl sites for hydroxylation is 1. The molecule has 0 spiro atoms. The highest BCUT2D eigenvalue weighted by molar-refractivity contribution is 6.32. The Morgan fingerprint density at radius 3 is 2.40 bits per heavy atom. The number of hydrogen-bond donors (Lipinski definition) is 2. The highest BCUT2D eigenvalue weighted by Crippen LogP contribution is 2.31. The van der Waals surface area contributed by atoms with Crippen molar-refractivity contribution in [2.24, 2.45) is 0 Å². The summed E-state index contributed by atoms with van der Waals surface area (Å²) in [5, 5.41) is 19.9. The summed E-state index contributed by atoms with van der Waals surface area (Å²) in [6.45, 7) is 2.25. The van der Waals surface area contributed by atoms with Crippen molar-refractivity contribution in [2.45, 2.75) is 32.7 Å². The van der Waals surface area contributed by atoms with Crippen LogP contribution in [0.4, 0.5) is 4.39 Å². The minimum absolute atomic E-state index is 0.0565. The van der Waals surface area contributed by atoms with Crippen molar-refractivity contribution in [3.63, 3.8) is 0 Å². The zero-order chi connectivity index (χ0) is 30.1. The molecule has 0 radical (unpaired) electrons. The molecule has 0 aliphatic rings. The predicted molar refractivity (Wildman–Crippen MR) is 162 cm³/mol. The minimum atomic E-state index is -0.945. The molecule has 3 aromatic carbocycles. The molecule has 0 amide bonds. The standard InChI is InChI=1S/C33H31ClFNO6/c1-22-27(7-5-9-31(37)38)28-8-4-6-24(33(28)36(22)21-32(39)40)13-10-23-11-15-26(16-12-23)41-18-2-3-19-42-30-20-25(35)14-17-29(30)34/h2-4,6,8,10-17,20H,5,7,9,18-19,21H2,1H3,(H,37,38)(H,39,40)/b3-2+,13-10?. The molecule has 1 heterocycles. The molecule has 1 aromatic heterocycles. The Morgan fingerprint density at radius 1 is 0.952 bits per heavy atom. The number of para-hydroxylation sites is 1. The van der Waals surface area contributed by atoms with Gasteiger partial charge < -0.3 is 24.3 Å². The maximum absolute atomic E-state index is 13.3. The first kappa shape index (κ1) is 30.4. The first-order chi connectivity index (χ1) is 20.2. The van der Waals surface area contributed by atoms with Crippen molar-refractivity contribution in [2.75, 3.05) is 13.2 Å². The summed E-state index contributed by atoms with van der Waals surface area (Å²) in [5.41, 5.74) is 4.43. The van der Waals surface area contributed by atoms with Crippen LogP contribution >= 0.6 is 11.6 Å². The zero-order valence-corrected chi connectivity index (χ0v) is 23.8. The lowest BCUT2D eigenvalue weighted by Gasteiger charge is -2.08. The molecule has 0 bridgehead atoms. The molecule has 0 saturated heterocycles. The highest BCUT2D eigenvalue weighted by atomic mass is 35.5. The van der Waals surface area contributed by atoms with Gasteiger partial charge in [-0.2, -0.15) is 0 Å². The van der Waals surface area contributed by atoms with E-state index in [0.717, 1.165) is 33.3 Å². The Hall–Kier alpha value is -4.56. The van der Waals surface area contributed by atoms with Crippen LogP contribution in [-0.2, 0) is 22.6 Å². The molecule has 0 fully saturated rings. The second-order valence-corrected chi connectivity index (χ2v) is 10.0. The lowest BCUT2D eigenvalue weighted by atomic mass is 10.0. The van der Waals surface area contributed by atoms with Crippen molar-refractivity contribution >= 4 is 46.6 Å². The second-order valence-electron chi connectivity index (χ2n) is 9.61. The predicted octanol–water partition coefficient (Wildman–Crippen LogP) is 7.42. The number of fused-ring (bicyclic) bond motifs is 1. The van der Waals surface area contributed by atoms with E-state index in [9.17, 15) is 19.1 Å². The molecule has 2 N–H and O–H groups in total. The molecular formula is C33H31ClFNO6. The van der Waals surface area contributed by atoms with Crippen LogP contribution in [0.1, 0.15) is 35.2 Å². The van der Waals surface area contributed by atoms with Gasteiger partial charge in [0, 0.05) is 23.6 Å². The van der Waals surface area contributed by atoms with Gasteiger partial charge in [0.1, 0.15) is 37.1 Å². The smallest absolute Gasteiger partial charge is 0.323 e. The van der Waals surface area contributed by atoms with Gasteiger partial charge in [0.15, 0.2) is 0 Å². The zero-order valence-electron chi connectivity index (χ0n) is 23.1. The van der Waals surface area contributed by atoms with Crippen LogP contribution in [0, 0.1) is 12.7 Å². The third-order valence-electron chi connectivity index (χ3n) is 6.69. The van der Waals surface area contributed by atoms with Gasteiger partial charge in [-0.15, -0.1) is 0 Å². The van der Waals surface area contributed by atoms with Crippen molar-refractivity contribution in [1.29, 1.82) is 0 Å². The van der Waals surface area contributed by atoms with Crippen molar-refractivity contribution in [3.05, 3.63) is 106 Å². The van der Waals surface area contributed by atoms with Gasteiger partial charge in [0.2, 0.25) is 0 Å². The van der Waals surface area contributed by atoms with Crippen LogP contribution in [-0.4, -0.2) is 39.9 Å². The van der Waals surface area contributed by atoms with E-state index in [0.29, 0.717) is 30.2 Å². The fraction of sp³-hybridized carbons (Fsp3) is 0.212. The summed E-state index contributed by atoms with van der Waals surface area (Å²) in [4.78, 5) is 22.7. The Kier molecular flexibility index (Phi) is 10.4. The molecule has 7 nitrogen and oxygen atoms in total. The number of ether oxygens (including phenoxy) is 2. The van der Waals surface area contributed by atoms with Gasteiger partial charge >= 0.3 is 11.9 Å². The van der Waals surface area contributed by atoms with Crippen molar-refractivity contribution in [1.82, 2.24) is 4.57 Å². The average molecular weight is 592 g/mol. The van der Waals surface area contributed by atoms with Crippen LogP contribution in [0.5, 0.6) is 11.5 Å². The molecule has 0 saturated carbocycles. The molecule has 0 aliphatic carbocycles. The number of benzene rings is 3. The number of aromatic nitrogens is 1. The van der Waals surface area contributed by atoms with Gasteiger partial charge in [-0.05, 0) is 72.9 Å². The fourth-order valence-electron chi connectivity index (χ4n) is 4.70. The SMILES string of the molecule is Cc1c(CCCC(=O)O)c2cccc(C=Cc3ccc(OC/C=C/COc4cc(F)ccc4Cl)cc3)c2n1CC(=O)O. The van der Waals surface area contributed by atoms with Crippen LogP contribution in [0.2, 0.25) is 5.02 Å². The summed E-state index contributed by atoms with van der Waals surface area (Å²) < 4.78 is 26.3. The number of carboxylic acids is 2. The number of carboxylic acid groups (broad SMARTS) is 2. The molecule has 0 aliphatic heterocycles. The molecular weight excluding hydrogens is 561 g/mol. The van der Waals surface area contributed by atoms with E-state index < -0.39 is 17.8 Å². The van der Waals surface area contributed by atoms with Gasteiger partial charge in [0.05, 0.1) is 10.5 Å². The summed E-state index contributed by atoms with van der Waals surface area (Å²) in [6, 6.07) is 17.3. The normalized spacial score (nSPS) is 11.5. The minimum Gasteiger partial charge on any atom is -0.490 e. The molecule has 218 valence electrons. The topological polar surface area (TPSA) is 98.0 Å². The van der Waals surface area contributed by atoms with Crippen molar-refractivity contribution in [3.8, 4) is 11.5 Å². The molecule has 4 rings (SSSR count). The van der Waals surface area contributed by atoms with Gasteiger partial charge in [-0.1, -0.05) is 54.1 Å². The molecule has 0 unspecified atom stereocenters. The van der Waals surface area contributed by atoms with E-state index in [4.69, 9.17) is 26.2 Å². The van der Waals surface area contributed by atoms with E-state index in [1.54, 1.807) is 16.7 Å². The van der Waals surface area contributed by atoms with Crippen molar-refractivity contribution < 1.29 is 33.7 Å². The van der Waals surface area contributed by atoms with E-state index in [1.807, 2.05) is 61.5 Å². The number of rotatable bonds is 14. The second kappa shape index (κ2) is 14.4. The quantitative estimate of drug-likeness (QED) is 0.117. The maximum atomic E-state index is 13.3. The van der Waals surface area contributed by atoms with E-state index >= 15 is 0 Å². The summed E-state index contributed by atoms with van der Waals surface area (Å²) in [7, 11) is 0. The summed E-state index contributed by atoms with van der Waals surface area (Å²) in [5.74, 6) is -1.25. The average Bonchev–Trinajstić information content (AvgIpc) is 3.22. The van der Waals surface area contributed by atoms with Crippen LogP contribution in [0.15, 0.2) is 72.8 Å². The van der Waals surface area contributed by atoms with Gasteiger partial charge in [-0.3, -0.25) is 9.59 Å². The first-order valence-electron chi connectivity index (χ1n) is 13.4. The van der Waals surface area contributed by atoms with E-state index in [1.165, 1.54) is 18.2 Å². The van der Waals surface area contributed by atoms with Gasteiger partial charge in [0.25, 0.3) is 0 Å². The lowest BCUT2D eigenvalue weighted by Crippen LogP contribution is -2.10. The molecule has 0 atom stereocenters. The molecule has 42 heavy (non-hydrogen) atoms. The number of aliphatic carboxylic acids is 2. The number of halogens is 2. The number of hydrogen-bond acceptors (Lipinski definition) is 4. The summed E-state index contributed by atoms with van der Waals surface area (Å²) >= 11 is 5.99. The lowest BCUT2D eigenvalue weighted by molar-refractivity contribution is -0.138. The van der Waals surface area contributed by atoms with Crippen LogP contribution in [0.25, 0.3) is 23.1 Å². The molecule has 9 heteroatoms. The van der Waals surface area contributed by atoms with Crippen LogP contribution < -0.4 is 9.47 Å². The third kappa shape index (κ3) is 8.01. The first-order valence-corrected chi connectivity index (χ1v) is 13.8. The van der Waals surface area contributed by atoms with E-state index in [2.05, 4.69) is 0 Å². The Bertz CT molecular complexity index is 1620. The monoisotopic (exact) mass is 591 g/mol. The third-order valence-corrected chi connectivity index (χ3v) is 7.00. The van der Waals surface area contributed by atoms with Crippen LogP contribution in [0.3, 0.4) is 0 Å². The molecule has 4 aromatic rings. The summed E-state index contributed by atoms with van der Waals surface area (Å²) in [6.07, 6.45) is 8.55. The largest absolute Gasteiger partial charge is 0.490 e.